The van der Waals surface area contributed by atoms with E-state index >= 15 is 0 Å². The number of rotatable bonds is 5. The number of nitro groups is 1. The lowest BCUT2D eigenvalue weighted by atomic mass is 10.3. The fourth-order valence-electron chi connectivity index (χ4n) is 1.14. The molecule has 0 heterocycles. The van der Waals surface area contributed by atoms with Gasteiger partial charge in [-0.1, -0.05) is 6.58 Å². The van der Waals surface area contributed by atoms with Crippen LogP contribution in [0.3, 0.4) is 0 Å². The zero-order valence-corrected chi connectivity index (χ0v) is 10.4. The highest BCUT2D eigenvalue weighted by Crippen LogP contribution is 2.29. The van der Waals surface area contributed by atoms with Crippen LogP contribution in [0.15, 0.2) is 35.2 Å². The van der Waals surface area contributed by atoms with Gasteiger partial charge in [-0.15, -0.1) is 0 Å². The van der Waals surface area contributed by atoms with Gasteiger partial charge in [0.25, 0.3) is 0 Å². The third-order valence-electron chi connectivity index (χ3n) is 1.93. The van der Waals surface area contributed by atoms with Gasteiger partial charge < -0.3 is 4.74 Å². The molecule has 98 valence electrons. The van der Waals surface area contributed by atoms with Crippen LogP contribution in [-0.2, 0) is 10.0 Å². The van der Waals surface area contributed by atoms with E-state index in [4.69, 9.17) is 9.88 Å². The van der Waals surface area contributed by atoms with E-state index in [2.05, 4.69) is 6.58 Å². The lowest BCUT2D eigenvalue weighted by Gasteiger charge is -2.07. The van der Waals surface area contributed by atoms with E-state index in [0.29, 0.717) is 5.57 Å². The summed E-state index contributed by atoms with van der Waals surface area (Å²) in [6.07, 6.45) is 0. The van der Waals surface area contributed by atoms with E-state index in [9.17, 15) is 18.5 Å². The van der Waals surface area contributed by atoms with E-state index in [0.717, 1.165) is 12.1 Å². The summed E-state index contributed by atoms with van der Waals surface area (Å²) in [6, 6.07) is 3.21. The van der Waals surface area contributed by atoms with Crippen LogP contribution in [0.4, 0.5) is 5.69 Å². The molecule has 8 heteroatoms. The lowest BCUT2D eigenvalue weighted by molar-refractivity contribution is -0.386. The van der Waals surface area contributed by atoms with Gasteiger partial charge in [0.15, 0.2) is 5.75 Å². The maximum atomic E-state index is 11.1. The number of nitrogens with zero attached hydrogens (tertiary/aromatic N) is 1. The lowest BCUT2D eigenvalue weighted by Crippen LogP contribution is -2.12. The Bertz CT molecular complexity index is 594. The number of nitrogens with two attached hydrogens (primary N) is 1. The van der Waals surface area contributed by atoms with Crippen molar-refractivity contribution >= 4 is 15.7 Å². The van der Waals surface area contributed by atoms with Gasteiger partial charge in [-0.25, -0.2) is 13.6 Å². The van der Waals surface area contributed by atoms with Gasteiger partial charge in [-0.2, -0.15) is 0 Å². The van der Waals surface area contributed by atoms with Gasteiger partial charge >= 0.3 is 5.69 Å². The fourth-order valence-corrected chi connectivity index (χ4v) is 1.67. The number of sulfonamides is 1. The molecule has 0 aromatic heterocycles. The molecular formula is C10H12N2O5S. The maximum Gasteiger partial charge on any atom is 0.312 e. The standard InChI is InChI=1S/C10H12N2O5S/c1-7(2)6-17-10-4-3-8(18(11,15)16)5-9(10)12(13)14/h3-5H,1,6H2,2H3,(H2,11,15,16). The molecule has 2 N–H and O–H groups in total. The van der Waals surface area contributed by atoms with Crippen LogP contribution >= 0.6 is 0 Å². The SMILES string of the molecule is C=C(C)COc1ccc(S(N)(=O)=O)cc1[N+](=O)[O-]. The summed E-state index contributed by atoms with van der Waals surface area (Å²) in [7, 11) is -3.98. The second kappa shape index (κ2) is 5.15. The van der Waals surface area contributed by atoms with Crippen molar-refractivity contribution in [3.05, 3.63) is 40.5 Å². The van der Waals surface area contributed by atoms with E-state index < -0.39 is 20.6 Å². The van der Waals surface area contributed by atoms with E-state index in [1.54, 1.807) is 6.92 Å². The Morgan fingerprint density at radius 3 is 2.61 bits per heavy atom. The molecule has 18 heavy (non-hydrogen) atoms. The smallest absolute Gasteiger partial charge is 0.312 e. The summed E-state index contributed by atoms with van der Waals surface area (Å²) in [5, 5.41) is 15.7. The molecule has 0 unspecified atom stereocenters. The molecule has 1 aromatic rings. The Kier molecular flexibility index (Phi) is 4.04. The van der Waals surface area contributed by atoms with Crippen molar-refractivity contribution in [3.8, 4) is 5.75 Å². The number of primary sulfonamides is 1. The van der Waals surface area contributed by atoms with Crippen LogP contribution in [0.1, 0.15) is 6.92 Å². The number of ether oxygens (including phenoxy) is 1. The van der Waals surface area contributed by atoms with Gasteiger partial charge in [0.2, 0.25) is 10.0 Å². The Balaban J connectivity index is 3.21. The first-order chi connectivity index (χ1) is 8.21. The van der Waals surface area contributed by atoms with Crippen LogP contribution in [0.2, 0.25) is 0 Å². The maximum absolute atomic E-state index is 11.1. The van der Waals surface area contributed by atoms with Crippen molar-refractivity contribution in [2.45, 2.75) is 11.8 Å². The predicted molar refractivity (Wildman–Crippen MR) is 64.8 cm³/mol. The molecule has 0 fully saturated rings. The summed E-state index contributed by atoms with van der Waals surface area (Å²) in [4.78, 5) is 9.74. The second-order valence-electron chi connectivity index (χ2n) is 3.68. The zero-order chi connectivity index (χ0) is 13.9. The highest BCUT2D eigenvalue weighted by molar-refractivity contribution is 7.89. The molecule has 1 aromatic carbocycles. The van der Waals surface area contributed by atoms with Crippen LogP contribution in [0.25, 0.3) is 0 Å². The minimum absolute atomic E-state index is 0.0320. The predicted octanol–water partition coefficient (Wildman–Crippen LogP) is 1.20. The van der Waals surface area contributed by atoms with E-state index in [1.165, 1.54) is 6.07 Å². The number of hydrogen-bond acceptors (Lipinski definition) is 5. The summed E-state index contributed by atoms with van der Waals surface area (Å²) in [5.74, 6) is -0.0320. The van der Waals surface area contributed by atoms with Crippen molar-refractivity contribution in [2.24, 2.45) is 5.14 Å². The first-order valence-electron chi connectivity index (χ1n) is 4.80. The average Bonchev–Trinajstić information content (AvgIpc) is 2.24. The topological polar surface area (TPSA) is 113 Å². The first kappa shape index (κ1) is 14.1. The Hall–Kier alpha value is -1.93. The molecule has 0 saturated carbocycles. The molecule has 0 aliphatic carbocycles. The summed E-state index contributed by atoms with van der Waals surface area (Å²) >= 11 is 0. The van der Waals surface area contributed by atoms with Crippen LogP contribution in [0.5, 0.6) is 5.75 Å². The molecule has 0 bridgehead atoms. The summed E-state index contributed by atoms with van der Waals surface area (Å²) < 4.78 is 27.3. The van der Waals surface area contributed by atoms with Crippen molar-refractivity contribution in [3.63, 3.8) is 0 Å². The normalized spacial score (nSPS) is 11.0. The number of hydrogen-bond donors (Lipinski definition) is 1. The molecule has 0 aliphatic rings. The second-order valence-corrected chi connectivity index (χ2v) is 5.24. The molecule has 0 saturated heterocycles. The summed E-state index contributed by atoms with van der Waals surface area (Å²) in [5.41, 5.74) is 0.225. The van der Waals surface area contributed by atoms with Gasteiger partial charge in [-0.3, -0.25) is 10.1 Å². The van der Waals surface area contributed by atoms with Gasteiger partial charge in [0.1, 0.15) is 6.61 Å². The van der Waals surface area contributed by atoms with E-state index in [1.807, 2.05) is 0 Å². The zero-order valence-electron chi connectivity index (χ0n) is 9.62. The molecule has 0 atom stereocenters. The molecule has 1 rings (SSSR count). The first-order valence-corrected chi connectivity index (χ1v) is 6.35. The molecule has 0 aliphatic heterocycles. The minimum atomic E-state index is -3.98. The third kappa shape index (κ3) is 3.54. The molecule has 7 nitrogen and oxygen atoms in total. The quantitative estimate of drug-likeness (QED) is 0.491. The minimum Gasteiger partial charge on any atom is -0.482 e. The fraction of sp³-hybridized carbons (Fsp3) is 0.200. The largest absolute Gasteiger partial charge is 0.482 e. The monoisotopic (exact) mass is 272 g/mol. The molecule has 0 amide bonds. The van der Waals surface area contributed by atoms with Crippen molar-refractivity contribution in [1.82, 2.24) is 0 Å². The van der Waals surface area contributed by atoms with Crippen LogP contribution in [0, 0.1) is 10.1 Å². The highest BCUT2D eigenvalue weighted by Gasteiger charge is 2.20. The Morgan fingerprint density at radius 1 is 1.56 bits per heavy atom. The van der Waals surface area contributed by atoms with Crippen molar-refractivity contribution in [2.75, 3.05) is 6.61 Å². The molecule has 0 radical (unpaired) electrons. The van der Waals surface area contributed by atoms with Gasteiger partial charge in [0, 0.05) is 6.07 Å². The number of nitro benzene ring substituents is 1. The summed E-state index contributed by atoms with van der Waals surface area (Å²) in [6.45, 7) is 5.40. The van der Waals surface area contributed by atoms with E-state index in [-0.39, 0.29) is 17.3 Å². The van der Waals surface area contributed by atoms with Gasteiger partial charge in [0.05, 0.1) is 9.82 Å². The van der Waals surface area contributed by atoms with Crippen LogP contribution in [-0.4, -0.2) is 19.9 Å². The Labute approximate surface area is 104 Å². The number of benzene rings is 1. The van der Waals surface area contributed by atoms with Crippen LogP contribution < -0.4 is 9.88 Å². The Morgan fingerprint density at radius 2 is 2.17 bits per heavy atom. The van der Waals surface area contributed by atoms with Gasteiger partial charge in [-0.05, 0) is 24.6 Å². The van der Waals surface area contributed by atoms with Crippen molar-refractivity contribution < 1.29 is 18.1 Å². The average molecular weight is 272 g/mol. The third-order valence-corrected chi connectivity index (χ3v) is 2.84. The highest BCUT2D eigenvalue weighted by atomic mass is 32.2. The van der Waals surface area contributed by atoms with Crippen molar-refractivity contribution in [1.29, 1.82) is 0 Å². The molecule has 0 spiro atoms. The molecular weight excluding hydrogens is 260 g/mol.